The Hall–Kier alpha value is -4.53. The molecule has 2 aromatic carbocycles. The van der Waals surface area contributed by atoms with Crippen LogP contribution < -0.4 is 15.5 Å². The van der Waals surface area contributed by atoms with Crippen molar-refractivity contribution in [3.63, 3.8) is 0 Å². The molecule has 0 aliphatic heterocycles. The molecule has 3 N–H and O–H groups in total. The van der Waals surface area contributed by atoms with Crippen LogP contribution in [0.3, 0.4) is 0 Å². The predicted molar refractivity (Wildman–Crippen MR) is 132 cm³/mol. The van der Waals surface area contributed by atoms with E-state index in [0.717, 1.165) is 5.56 Å². The zero-order valence-electron chi connectivity index (χ0n) is 20.1. The van der Waals surface area contributed by atoms with Crippen molar-refractivity contribution in [2.75, 3.05) is 7.11 Å². The van der Waals surface area contributed by atoms with Crippen molar-refractivity contribution in [1.82, 2.24) is 14.9 Å². The number of benzene rings is 2. The Morgan fingerprint density at radius 2 is 1.89 bits per heavy atom. The number of rotatable bonds is 8. The summed E-state index contributed by atoms with van der Waals surface area (Å²) < 4.78 is 12.8. The van der Waals surface area contributed by atoms with E-state index in [1.807, 2.05) is 41.9 Å². The van der Waals surface area contributed by atoms with Crippen LogP contribution in [-0.4, -0.2) is 32.8 Å². The minimum absolute atomic E-state index is 0.0452. The van der Waals surface area contributed by atoms with Crippen molar-refractivity contribution in [3.8, 4) is 17.2 Å². The van der Waals surface area contributed by atoms with E-state index in [1.165, 1.54) is 19.2 Å². The molecular weight excluding hydrogens is 462 g/mol. The number of hydrogen-bond acceptors (Lipinski definition) is 7. The zero-order valence-corrected chi connectivity index (χ0v) is 20.1. The van der Waals surface area contributed by atoms with Gasteiger partial charge in [-0.05, 0) is 30.2 Å². The number of nitrogens with zero attached hydrogens (tertiary/aromatic N) is 2. The highest BCUT2D eigenvalue weighted by Gasteiger charge is 2.29. The van der Waals surface area contributed by atoms with Gasteiger partial charge in [0.15, 0.2) is 17.3 Å². The molecule has 0 bridgehead atoms. The molecule has 2 aromatic heterocycles. The molecule has 0 radical (unpaired) electrons. The summed E-state index contributed by atoms with van der Waals surface area (Å²) in [5.41, 5.74) is 0.741. The number of imidazole rings is 1. The molecule has 0 saturated heterocycles. The van der Waals surface area contributed by atoms with Gasteiger partial charge in [0.2, 0.25) is 17.1 Å². The van der Waals surface area contributed by atoms with Crippen LogP contribution in [0.1, 0.15) is 46.9 Å². The van der Waals surface area contributed by atoms with Gasteiger partial charge in [-0.2, -0.15) is 0 Å². The lowest BCUT2D eigenvalue weighted by atomic mass is 9.91. The fourth-order valence-corrected chi connectivity index (χ4v) is 4.14. The van der Waals surface area contributed by atoms with E-state index in [2.05, 4.69) is 10.3 Å². The fourth-order valence-electron chi connectivity index (χ4n) is 4.14. The Balaban J connectivity index is 1.73. The Kier molecular flexibility index (Phi) is 7.10. The number of carbonyl (C=O) groups excluding carboxylic acids is 1. The van der Waals surface area contributed by atoms with Gasteiger partial charge in [-0.25, -0.2) is 4.98 Å². The SMILES string of the molecule is COc1cc(C(CC(=O)NC(c2ccccc2)c2nccn2C)c2oc(C)cc(=O)c2O)ccc1O. The molecule has 1 amide bonds. The largest absolute Gasteiger partial charge is 0.504 e. The smallest absolute Gasteiger partial charge is 0.227 e. The average Bonchev–Trinajstić information content (AvgIpc) is 3.29. The molecule has 0 spiro atoms. The van der Waals surface area contributed by atoms with Gasteiger partial charge in [0.1, 0.15) is 17.6 Å². The standard InChI is InChI=1S/C27H27N3O6/c1-16-13-21(32)25(34)26(36-16)19(18-9-10-20(31)22(14-18)35-3)15-23(33)29-24(17-7-5-4-6-8-17)27-28-11-12-30(27)2/h4-14,19,24,31,34H,15H2,1-3H3,(H,29,33). The van der Waals surface area contributed by atoms with Gasteiger partial charge in [-0.15, -0.1) is 0 Å². The van der Waals surface area contributed by atoms with Crippen molar-refractivity contribution >= 4 is 5.91 Å². The lowest BCUT2D eigenvalue weighted by Gasteiger charge is -2.22. The Bertz CT molecular complexity index is 1430. The van der Waals surface area contributed by atoms with E-state index in [1.54, 1.807) is 31.5 Å². The molecule has 36 heavy (non-hydrogen) atoms. The quantitative estimate of drug-likeness (QED) is 0.346. The van der Waals surface area contributed by atoms with Gasteiger partial charge in [0.25, 0.3) is 0 Å². The van der Waals surface area contributed by atoms with Gasteiger partial charge in [-0.1, -0.05) is 36.4 Å². The van der Waals surface area contributed by atoms with E-state index in [-0.39, 0.29) is 29.6 Å². The second-order valence-electron chi connectivity index (χ2n) is 8.43. The minimum Gasteiger partial charge on any atom is -0.504 e. The molecule has 2 atom stereocenters. The lowest BCUT2D eigenvalue weighted by molar-refractivity contribution is -0.122. The molecule has 0 aliphatic carbocycles. The summed E-state index contributed by atoms with van der Waals surface area (Å²) in [6.07, 6.45) is 3.28. The van der Waals surface area contributed by atoms with E-state index in [4.69, 9.17) is 9.15 Å². The predicted octanol–water partition coefficient (Wildman–Crippen LogP) is 3.53. The third kappa shape index (κ3) is 5.10. The second kappa shape index (κ2) is 10.4. The fraction of sp³-hybridized carbons (Fsp3) is 0.222. The zero-order chi connectivity index (χ0) is 25.8. The highest BCUT2D eigenvalue weighted by atomic mass is 16.5. The summed E-state index contributed by atoms with van der Waals surface area (Å²) in [7, 11) is 3.25. The van der Waals surface area contributed by atoms with E-state index >= 15 is 0 Å². The van der Waals surface area contributed by atoms with Crippen LogP contribution in [0, 0.1) is 6.92 Å². The average molecular weight is 490 g/mol. The summed E-state index contributed by atoms with van der Waals surface area (Å²) in [6, 6.07) is 14.6. The second-order valence-corrected chi connectivity index (χ2v) is 8.43. The summed E-state index contributed by atoms with van der Waals surface area (Å²) >= 11 is 0. The minimum atomic E-state index is -0.843. The maximum absolute atomic E-state index is 13.5. The number of ether oxygens (including phenoxy) is 1. The van der Waals surface area contributed by atoms with Crippen LogP contribution in [0.4, 0.5) is 0 Å². The van der Waals surface area contributed by atoms with Crippen molar-refractivity contribution in [2.45, 2.75) is 25.3 Å². The van der Waals surface area contributed by atoms with E-state index in [0.29, 0.717) is 17.1 Å². The number of amides is 1. The molecule has 0 saturated carbocycles. The molecule has 9 heteroatoms. The molecule has 2 unspecified atom stereocenters. The molecule has 0 fully saturated rings. The first-order valence-electron chi connectivity index (χ1n) is 11.3. The number of carbonyl (C=O) groups is 1. The van der Waals surface area contributed by atoms with Crippen molar-refractivity contribution in [2.24, 2.45) is 7.05 Å². The van der Waals surface area contributed by atoms with Gasteiger partial charge >= 0.3 is 0 Å². The topological polar surface area (TPSA) is 127 Å². The first-order chi connectivity index (χ1) is 17.3. The summed E-state index contributed by atoms with van der Waals surface area (Å²) in [5, 5.41) is 23.6. The number of aryl methyl sites for hydroxylation is 2. The molecule has 0 aliphatic rings. The number of phenols is 1. The number of methoxy groups -OCH3 is 1. The summed E-state index contributed by atoms with van der Waals surface area (Å²) in [5.74, 6) is -0.801. The van der Waals surface area contributed by atoms with Crippen LogP contribution in [0.5, 0.6) is 17.2 Å². The first kappa shape index (κ1) is 24.6. The summed E-state index contributed by atoms with van der Waals surface area (Å²) in [6.45, 7) is 1.59. The number of hydrogen-bond donors (Lipinski definition) is 3. The number of phenolic OH excluding ortho intramolecular Hbond substituents is 1. The maximum Gasteiger partial charge on any atom is 0.227 e. The van der Waals surface area contributed by atoms with Crippen LogP contribution in [-0.2, 0) is 11.8 Å². The van der Waals surface area contributed by atoms with E-state index < -0.39 is 23.1 Å². The van der Waals surface area contributed by atoms with Gasteiger partial charge < -0.3 is 29.3 Å². The van der Waals surface area contributed by atoms with Crippen LogP contribution in [0.25, 0.3) is 0 Å². The molecule has 2 heterocycles. The molecule has 4 aromatic rings. The Labute approximate surface area is 207 Å². The lowest BCUT2D eigenvalue weighted by Crippen LogP contribution is -2.32. The highest BCUT2D eigenvalue weighted by molar-refractivity contribution is 5.78. The molecule has 9 nitrogen and oxygen atoms in total. The number of aromatic hydroxyl groups is 2. The normalized spacial score (nSPS) is 12.6. The van der Waals surface area contributed by atoms with Gasteiger partial charge in [0, 0.05) is 31.9 Å². The van der Waals surface area contributed by atoms with Crippen LogP contribution in [0.15, 0.2) is 76.2 Å². The monoisotopic (exact) mass is 489 g/mol. The van der Waals surface area contributed by atoms with Gasteiger partial charge in [-0.3, -0.25) is 9.59 Å². The number of aromatic nitrogens is 2. The van der Waals surface area contributed by atoms with Gasteiger partial charge in [0.05, 0.1) is 13.0 Å². The molecular formula is C27H27N3O6. The van der Waals surface area contributed by atoms with Crippen molar-refractivity contribution in [1.29, 1.82) is 0 Å². The highest BCUT2D eigenvalue weighted by Crippen LogP contribution is 2.37. The molecule has 186 valence electrons. The third-order valence-corrected chi connectivity index (χ3v) is 5.94. The number of nitrogens with one attached hydrogen (secondary N) is 1. The van der Waals surface area contributed by atoms with Crippen LogP contribution in [0.2, 0.25) is 0 Å². The van der Waals surface area contributed by atoms with E-state index in [9.17, 15) is 19.8 Å². The maximum atomic E-state index is 13.5. The Morgan fingerprint density at radius 3 is 2.56 bits per heavy atom. The molecule has 4 rings (SSSR count). The van der Waals surface area contributed by atoms with Crippen molar-refractivity contribution < 1.29 is 24.2 Å². The Morgan fingerprint density at radius 1 is 1.14 bits per heavy atom. The third-order valence-electron chi connectivity index (χ3n) is 5.94. The first-order valence-corrected chi connectivity index (χ1v) is 11.3. The summed E-state index contributed by atoms with van der Waals surface area (Å²) in [4.78, 5) is 30.2. The van der Waals surface area contributed by atoms with Crippen molar-refractivity contribution in [3.05, 3.63) is 106 Å². The van der Waals surface area contributed by atoms with Crippen LogP contribution >= 0.6 is 0 Å².